The van der Waals surface area contributed by atoms with Crippen molar-refractivity contribution < 1.29 is 14.3 Å². The van der Waals surface area contributed by atoms with Crippen LogP contribution in [0, 0.1) is 0 Å². The molecule has 0 aliphatic carbocycles. The number of methoxy groups -OCH3 is 1. The summed E-state index contributed by atoms with van der Waals surface area (Å²) in [5.41, 5.74) is -0.332. The van der Waals surface area contributed by atoms with Crippen molar-refractivity contribution in [1.82, 2.24) is 5.32 Å². The third kappa shape index (κ3) is 2.41. The van der Waals surface area contributed by atoms with Gasteiger partial charge in [0.15, 0.2) is 5.54 Å². The lowest BCUT2D eigenvalue weighted by atomic mass is 9.98. The molecule has 0 bridgehead atoms. The van der Waals surface area contributed by atoms with Crippen LogP contribution in [0.1, 0.15) is 6.42 Å². The van der Waals surface area contributed by atoms with E-state index in [1.807, 2.05) is 0 Å². The lowest BCUT2D eigenvalue weighted by Crippen LogP contribution is -2.49. The second-order valence-corrected chi connectivity index (χ2v) is 4.60. The molecule has 1 heterocycles. The van der Waals surface area contributed by atoms with Gasteiger partial charge in [0, 0.05) is 10.7 Å². The average Bonchev–Trinajstić information content (AvgIpc) is 2.74. The maximum Gasteiger partial charge on any atom is 0.333 e. The second-order valence-electron chi connectivity index (χ2n) is 4.16. The fourth-order valence-electron chi connectivity index (χ4n) is 1.94. The number of benzene rings is 1. The van der Waals surface area contributed by atoms with Crippen LogP contribution < -0.4 is 10.6 Å². The summed E-state index contributed by atoms with van der Waals surface area (Å²) in [7, 11) is 1.30. The lowest BCUT2D eigenvalue weighted by molar-refractivity contribution is -0.145. The molecule has 1 unspecified atom stereocenters. The molecule has 1 aromatic carbocycles. The molecule has 1 saturated heterocycles. The van der Waals surface area contributed by atoms with Crippen molar-refractivity contribution in [2.75, 3.05) is 19.0 Å². The van der Waals surface area contributed by atoms with Crippen LogP contribution >= 0.6 is 11.6 Å². The van der Waals surface area contributed by atoms with Crippen LogP contribution in [0.2, 0.25) is 5.02 Å². The van der Waals surface area contributed by atoms with E-state index in [4.69, 9.17) is 16.3 Å². The van der Waals surface area contributed by atoms with Gasteiger partial charge in [0.05, 0.1) is 20.1 Å². The number of esters is 1. The zero-order chi connectivity index (χ0) is 13.2. The molecule has 0 radical (unpaired) electrons. The minimum absolute atomic E-state index is 0.0578. The van der Waals surface area contributed by atoms with Crippen molar-refractivity contribution >= 4 is 29.2 Å². The number of hydrogen-bond donors (Lipinski definition) is 2. The Hall–Kier alpha value is -1.75. The standard InChI is InChI=1S/C12H13ClN2O3/c1-18-11(17)12(6-10(16)14-7-12)15-9-4-2-8(13)3-5-9/h2-5,15H,6-7H2,1H3,(H,14,16). The highest BCUT2D eigenvalue weighted by Gasteiger charge is 2.46. The first-order valence-electron chi connectivity index (χ1n) is 5.45. The Balaban J connectivity index is 2.23. The fraction of sp³-hybridized carbons (Fsp3) is 0.333. The molecule has 1 fully saturated rings. The molecule has 0 saturated carbocycles. The first kappa shape index (κ1) is 12.7. The smallest absolute Gasteiger partial charge is 0.333 e. The summed E-state index contributed by atoms with van der Waals surface area (Å²) < 4.78 is 4.76. The molecule has 1 aliphatic heterocycles. The third-order valence-electron chi connectivity index (χ3n) is 2.85. The molecule has 18 heavy (non-hydrogen) atoms. The minimum Gasteiger partial charge on any atom is -0.467 e. The third-order valence-corrected chi connectivity index (χ3v) is 3.11. The highest BCUT2D eigenvalue weighted by Crippen LogP contribution is 2.24. The Morgan fingerprint density at radius 3 is 2.61 bits per heavy atom. The minimum atomic E-state index is -1.04. The normalized spacial score (nSPS) is 22.4. The summed E-state index contributed by atoms with van der Waals surface area (Å²) in [6, 6.07) is 6.91. The molecule has 1 aliphatic rings. The summed E-state index contributed by atoms with van der Waals surface area (Å²) in [4.78, 5) is 23.2. The largest absolute Gasteiger partial charge is 0.467 e. The molecule has 2 N–H and O–H groups in total. The summed E-state index contributed by atoms with van der Waals surface area (Å²) in [5.74, 6) is -0.641. The van der Waals surface area contributed by atoms with Gasteiger partial charge in [-0.1, -0.05) is 11.6 Å². The molecule has 1 atom stereocenters. The van der Waals surface area contributed by atoms with Crippen LogP contribution in [0.5, 0.6) is 0 Å². The number of anilines is 1. The molecular formula is C12H13ClN2O3. The predicted octanol–water partition coefficient (Wildman–Crippen LogP) is 1.18. The van der Waals surface area contributed by atoms with E-state index in [9.17, 15) is 9.59 Å². The van der Waals surface area contributed by atoms with Gasteiger partial charge in [-0.05, 0) is 24.3 Å². The number of hydrogen-bond acceptors (Lipinski definition) is 4. The number of carbonyl (C=O) groups is 2. The highest BCUT2D eigenvalue weighted by atomic mass is 35.5. The SMILES string of the molecule is COC(=O)C1(Nc2ccc(Cl)cc2)CNC(=O)C1. The maximum atomic E-state index is 11.8. The maximum absolute atomic E-state index is 11.8. The van der Waals surface area contributed by atoms with Crippen LogP contribution in [0.15, 0.2) is 24.3 Å². The number of rotatable bonds is 3. The van der Waals surface area contributed by atoms with E-state index < -0.39 is 11.5 Å². The first-order valence-corrected chi connectivity index (χ1v) is 5.82. The van der Waals surface area contributed by atoms with Crippen LogP contribution in [0.25, 0.3) is 0 Å². The Bertz CT molecular complexity index is 475. The van der Waals surface area contributed by atoms with Gasteiger partial charge in [-0.25, -0.2) is 4.79 Å². The summed E-state index contributed by atoms with van der Waals surface area (Å²) in [5, 5.41) is 6.28. The van der Waals surface area contributed by atoms with Crippen molar-refractivity contribution in [2.45, 2.75) is 12.0 Å². The van der Waals surface area contributed by atoms with Gasteiger partial charge in [-0.15, -0.1) is 0 Å². The quantitative estimate of drug-likeness (QED) is 0.808. The monoisotopic (exact) mass is 268 g/mol. The van der Waals surface area contributed by atoms with Gasteiger partial charge in [0.1, 0.15) is 0 Å². The average molecular weight is 269 g/mol. The van der Waals surface area contributed by atoms with Gasteiger partial charge in [-0.2, -0.15) is 0 Å². The van der Waals surface area contributed by atoms with E-state index in [0.29, 0.717) is 10.7 Å². The van der Waals surface area contributed by atoms with Gasteiger partial charge in [0.2, 0.25) is 5.91 Å². The van der Waals surface area contributed by atoms with Crippen molar-refractivity contribution in [3.8, 4) is 0 Å². The number of ether oxygens (including phenoxy) is 1. The van der Waals surface area contributed by atoms with Gasteiger partial charge in [0.25, 0.3) is 0 Å². The molecule has 6 heteroatoms. The van der Waals surface area contributed by atoms with Gasteiger partial charge < -0.3 is 15.4 Å². The van der Waals surface area contributed by atoms with E-state index >= 15 is 0 Å². The van der Waals surface area contributed by atoms with E-state index in [1.165, 1.54) is 7.11 Å². The van der Waals surface area contributed by atoms with Crippen molar-refractivity contribution in [3.63, 3.8) is 0 Å². The summed E-state index contributed by atoms with van der Waals surface area (Å²) in [6.07, 6.45) is 0.0578. The molecular weight excluding hydrogens is 256 g/mol. The zero-order valence-corrected chi connectivity index (χ0v) is 10.6. The molecule has 1 aromatic rings. The number of carbonyl (C=O) groups excluding carboxylic acids is 2. The Morgan fingerprint density at radius 1 is 1.44 bits per heavy atom. The van der Waals surface area contributed by atoms with Gasteiger partial charge >= 0.3 is 5.97 Å². The molecule has 0 spiro atoms. The summed E-state index contributed by atoms with van der Waals surface area (Å²) in [6.45, 7) is 0.209. The lowest BCUT2D eigenvalue weighted by Gasteiger charge is -2.26. The predicted molar refractivity (Wildman–Crippen MR) is 67.4 cm³/mol. The molecule has 5 nitrogen and oxygen atoms in total. The van der Waals surface area contributed by atoms with Crippen LogP contribution in [0.3, 0.4) is 0 Å². The number of halogens is 1. The molecule has 1 amide bonds. The van der Waals surface area contributed by atoms with Crippen LogP contribution in [-0.4, -0.2) is 31.1 Å². The van der Waals surface area contributed by atoms with E-state index in [1.54, 1.807) is 24.3 Å². The van der Waals surface area contributed by atoms with Crippen LogP contribution in [0.4, 0.5) is 5.69 Å². The number of amides is 1. The van der Waals surface area contributed by atoms with E-state index in [-0.39, 0.29) is 18.9 Å². The second kappa shape index (κ2) is 4.86. The topological polar surface area (TPSA) is 67.4 Å². The Morgan fingerprint density at radius 2 is 2.11 bits per heavy atom. The van der Waals surface area contributed by atoms with Crippen LogP contribution in [-0.2, 0) is 14.3 Å². The van der Waals surface area contributed by atoms with Crippen molar-refractivity contribution in [2.24, 2.45) is 0 Å². The first-order chi connectivity index (χ1) is 8.55. The highest BCUT2D eigenvalue weighted by molar-refractivity contribution is 6.30. The molecule has 96 valence electrons. The van der Waals surface area contributed by atoms with E-state index in [0.717, 1.165) is 0 Å². The van der Waals surface area contributed by atoms with E-state index in [2.05, 4.69) is 10.6 Å². The van der Waals surface area contributed by atoms with Crippen molar-refractivity contribution in [3.05, 3.63) is 29.3 Å². The number of nitrogens with one attached hydrogen (secondary N) is 2. The Kier molecular flexibility index (Phi) is 3.43. The fourth-order valence-corrected chi connectivity index (χ4v) is 2.06. The Labute approximate surface area is 109 Å². The van der Waals surface area contributed by atoms with Gasteiger partial charge in [-0.3, -0.25) is 4.79 Å². The molecule has 2 rings (SSSR count). The zero-order valence-electron chi connectivity index (χ0n) is 9.83. The summed E-state index contributed by atoms with van der Waals surface area (Å²) >= 11 is 5.79. The molecule has 0 aromatic heterocycles. The van der Waals surface area contributed by atoms with Crippen molar-refractivity contribution in [1.29, 1.82) is 0 Å².